The number of furan rings is 1. The van der Waals surface area contributed by atoms with Gasteiger partial charge in [-0.3, -0.25) is 0 Å². The molecule has 3 aromatic heterocycles. The second-order valence-corrected chi connectivity index (χ2v) is 6.14. The third kappa shape index (κ3) is 4.14. The van der Waals surface area contributed by atoms with Gasteiger partial charge in [0.05, 0.1) is 17.7 Å². The van der Waals surface area contributed by atoms with Gasteiger partial charge < -0.3 is 13.7 Å². The topological polar surface area (TPSA) is 105 Å². The van der Waals surface area contributed by atoms with Gasteiger partial charge in [-0.25, -0.2) is 0 Å². The van der Waals surface area contributed by atoms with Crippen molar-refractivity contribution in [3.63, 3.8) is 0 Å². The Balaban J connectivity index is 1.44. The molecule has 3 heterocycles. The van der Waals surface area contributed by atoms with Crippen LogP contribution < -0.4 is 4.74 Å². The molecule has 9 nitrogen and oxygen atoms in total. The molecule has 0 saturated carbocycles. The number of hydrogen-bond donors (Lipinski definition) is 0. The summed E-state index contributed by atoms with van der Waals surface area (Å²) in [6.07, 6.45) is -3.25. The summed E-state index contributed by atoms with van der Waals surface area (Å²) in [5, 5.41) is 15.5. The molecular weight excluding hydrogens is 401 g/mol. The highest BCUT2D eigenvalue weighted by Crippen LogP contribution is 2.26. The summed E-state index contributed by atoms with van der Waals surface area (Å²) in [5.41, 5.74) is 0.462. The van der Waals surface area contributed by atoms with Crippen molar-refractivity contribution in [1.29, 1.82) is 0 Å². The minimum Gasteiger partial charge on any atom is -0.461 e. The Hall–Kier alpha value is -3.35. The van der Waals surface area contributed by atoms with E-state index in [9.17, 15) is 13.2 Å². The maximum absolute atomic E-state index is 12.2. The van der Waals surface area contributed by atoms with E-state index in [1.54, 1.807) is 12.1 Å². The lowest BCUT2D eigenvalue weighted by Gasteiger charge is -2.09. The maximum atomic E-state index is 12.2. The summed E-state index contributed by atoms with van der Waals surface area (Å²) in [4.78, 5) is 4.21. The molecule has 0 radical (unpaired) electrons. The molecular formula is C15H9F3N6O3S. The van der Waals surface area contributed by atoms with Crippen LogP contribution in [-0.2, 0) is 5.75 Å². The van der Waals surface area contributed by atoms with Gasteiger partial charge in [0.1, 0.15) is 5.75 Å². The summed E-state index contributed by atoms with van der Waals surface area (Å²) in [6.45, 7) is 0. The second-order valence-electron chi connectivity index (χ2n) is 5.19. The van der Waals surface area contributed by atoms with Crippen LogP contribution in [0.2, 0.25) is 0 Å². The van der Waals surface area contributed by atoms with E-state index in [1.165, 1.54) is 47.0 Å². The Bertz CT molecular complexity index is 1050. The minimum absolute atomic E-state index is 0.281. The smallest absolute Gasteiger partial charge is 0.461 e. The summed E-state index contributed by atoms with van der Waals surface area (Å²) in [7, 11) is 0. The number of thioether (sulfide) groups is 1. The van der Waals surface area contributed by atoms with Crippen LogP contribution in [0.15, 0.2) is 56.8 Å². The molecule has 28 heavy (non-hydrogen) atoms. The third-order valence-corrected chi connectivity index (χ3v) is 4.19. The van der Waals surface area contributed by atoms with Crippen molar-refractivity contribution in [2.75, 3.05) is 0 Å². The Morgan fingerprint density at radius 2 is 1.96 bits per heavy atom. The molecule has 0 fully saturated rings. The first-order valence-corrected chi connectivity index (χ1v) is 8.60. The second kappa shape index (κ2) is 7.34. The van der Waals surface area contributed by atoms with E-state index in [1.807, 2.05) is 0 Å². The zero-order valence-corrected chi connectivity index (χ0v) is 14.5. The van der Waals surface area contributed by atoms with Crippen LogP contribution in [0.1, 0.15) is 5.89 Å². The van der Waals surface area contributed by atoms with E-state index in [-0.39, 0.29) is 11.5 Å². The van der Waals surface area contributed by atoms with Gasteiger partial charge in [0.15, 0.2) is 5.76 Å². The van der Waals surface area contributed by atoms with Crippen molar-refractivity contribution < 1.29 is 26.8 Å². The molecule has 13 heteroatoms. The maximum Gasteiger partial charge on any atom is 0.573 e. The summed E-state index contributed by atoms with van der Waals surface area (Å²) < 4.78 is 52.3. The van der Waals surface area contributed by atoms with Crippen molar-refractivity contribution in [2.45, 2.75) is 17.3 Å². The fraction of sp³-hybridized carbons (Fsp3) is 0.133. The molecule has 0 aliphatic heterocycles. The quantitative estimate of drug-likeness (QED) is 0.442. The van der Waals surface area contributed by atoms with Crippen LogP contribution in [0.3, 0.4) is 0 Å². The Morgan fingerprint density at radius 3 is 2.68 bits per heavy atom. The average Bonchev–Trinajstić information content (AvgIpc) is 3.40. The normalized spacial score (nSPS) is 11.7. The number of nitrogens with zero attached hydrogens (tertiary/aromatic N) is 6. The average molecular weight is 410 g/mol. The number of tetrazole rings is 1. The highest BCUT2D eigenvalue weighted by Gasteiger charge is 2.31. The van der Waals surface area contributed by atoms with Gasteiger partial charge in [-0.2, -0.15) is 9.67 Å². The standard InChI is InChI=1S/C15H9F3N6O3S/c16-15(17,18)26-10-5-3-9(4-6-10)24-14(20-22-23-24)28-8-12-19-13(21-27-12)11-2-1-7-25-11/h1-7H,8H2. The minimum atomic E-state index is -4.75. The molecule has 0 spiro atoms. The van der Waals surface area contributed by atoms with E-state index in [4.69, 9.17) is 8.94 Å². The summed E-state index contributed by atoms with van der Waals surface area (Å²) in [6, 6.07) is 8.57. The van der Waals surface area contributed by atoms with Crippen LogP contribution in [-0.4, -0.2) is 36.7 Å². The number of aromatic nitrogens is 6. The molecule has 0 atom stereocenters. The van der Waals surface area contributed by atoms with E-state index in [0.717, 1.165) is 0 Å². The molecule has 1 aromatic carbocycles. The van der Waals surface area contributed by atoms with Gasteiger partial charge in [0, 0.05) is 0 Å². The van der Waals surface area contributed by atoms with Gasteiger partial charge in [0.25, 0.3) is 0 Å². The largest absolute Gasteiger partial charge is 0.573 e. The van der Waals surface area contributed by atoms with Crippen molar-refractivity contribution in [1.82, 2.24) is 30.3 Å². The first kappa shape index (κ1) is 18.0. The molecule has 0 bridgehead atoms. The molecule has 144 valence electrons. The van der Waals surface area contributed by atoms with E-state index in [0.29, 0.717) is 28.3 Å². The first-order valence-electron chi connectivity index (χ1n) is 7.62. The van der Waals surface area contributed by atoms with E-state index < -0.39 is 6.36 Å². The van der Waals surface area contributed by atoms with Crippen molar-refractivity contribution in [3.8, 4) is 23.0 Å². The van der Waals surface area contributed by atoms with Gasteiger partial charge in [0.2, 0.25) is 16.9 Å². The van der Waals surface area contributed by atoms with Crippen molar-refractivity contribution >= 4 is 11.8 Å². The Kier molecular flexibility index (Phi) is 4.73. The molecule has 0 aliphatic rings. The van der Waals surface area contributed by atoms with E-state index >= 15 is 0 Å². The number of alkyl halides is 3. The third-order valence-electron chi connectivity index (χ3n) is 3.29. The van der Waals surface area contributed by atoms with Crippen LogP contribution in [0.5, 0.6) is 5.75 Å². The summed E-state index contributed by atoms with van der Waals surface area (Å²) >= 11 is 1.22. The first-order chi connectivity index (χ1) is 13.5. The number of halogens is 3. The molecule has 0 N–H and O–H groups in total. The number of ether oxygens (including phenoxy) is 1. The van der Waals surface area contributed by atoms with E-state index in [2.05, 4.69) is 30.4 Å². The molecule has 0 aliphatic carbocycles. The molecule has 0 unspecified atom stereocenters. The van der Waals surface area contributed by atoms with Gasteiger partial charge >= 0.3 is 6.36 Å². The fourth-order valence-corrected chi connectivity index (χ4v) is 2.89. The molecule has 4 aromatic rings. The highest BCUT2D eigenvalue weighted by atomic mass is 32.2. The Labute approximate surface area is 158 Å². The highest BCUT2D eigenvalue weighted by molar-refractivity contribution is 7.98. The Morgan fingerprint density at radius 1 is 1.14 bits per heavy atom. The predicted molar refractivity (Wildman–Crippen MR) is 87.4 cm³/mol. The molecule has 4 rings (SSSR count). The van der Waals surface area contributed by atoms with Crippen molar-refractivity contribution in [2.24, 2.45) is 0 Å². The number of rotatable bonds is 6. The molecule has 0 amide bonds. The number of hydrogen-bond acceptors (Lipinski definition) is 9. The fourth-order valence-electron chi connectivity index (χ4n) is 2.17. The number of benzene rings is 1. The summed E-state index contributed by atoms with van der Waals surface area (Å²) in [5.74, 6) is 1.07. The van der Waals surface area contributed by atoms with Crippen molar-refractivity contribution in [3.05, 3.63) is 48.6 Å². The van der Waals surface area contributed by atoms with Gasteiger partial charge in [-0.05, 0) is 46.8 Å². The van der Waals surface area contributed by atoms with Crippen LogP contribution in [0.4, 0.5) is 13.2 Å². The lowest BCUT2D eigenvalue weighted by molar-refractivity contribution is -0.274. The zero-order valence-electron chi connectivity index (χ0n) is 13.7. The van der Waals surface area contributed by atoms with Gasteiger partial charge in [-0.1, -0.05) is 16.9 Å². The lowest BCUT2D eigenvalue weighted by Crippen LogP contribution is -2.17. The predicted octanol–water partition coefficient (Wildman–Crippen LogP) is 3.50. The zero-order chi connectivity index (χ0) is 19.6. The van der Waals surface area contributed by atoms with Crippen LogP contribution >= 0.6 is 11.8 Å². The van der Waals surface area contributed by atoms with Crippen LogP contribution in [0, 0.1) is 0 Å². The van der Waals surface area contributed by atoms with Gasteiger partial charge in [-0.15, -0.1) is 18.3 Å². The van der Waals surface area contributed by atoms with Crippen LogP contribution in [0.25, 0.3) is 17.3 Å². The SMILES string of the molecule is FC(F)(F)Oc1ccc(-n2nnnc2SCc2nc(-c3ccco3)no2)cc1. The monoisotopic (exact) mass is 410 g/mol. The molecule has 0 saturated heterocycles. The lowest BCUT2D eigenvalue weighted by atomic mass is 10.3.